The molecule has 110 valence electrons. The van der Waals surface area contributed by atoms with Crippen LogP contribution in [0.1, 0.15) is 53.9 Å². The topological polar surface area (TPSA) is 44.8 Å². The Hall–Kier alpha value is -0.610. The van der Waals surface area contributed by atoms with Gasteiger partial charge in [-0.2, -0.15) is 0 Å². The van der Waals surface area contributed by atoms with Crippen LogP contribution >= 0.6 is 0 Å². The van der Waals surface area contributed by atoms with E-state index >= 15 is 0 Å². The van der Waals surface area contributed by atoms with Crippen LogP contribution in [0.3, 0.4) is 0 Å². The zero-order valence-electron chi connectivity index (χ0n) is 12.7. The van der Waals surface area contributed by atoms with Gasteiger partial charge in [0.2, 0.25) is 0 Å². The predicted octanol–water partition coefficient (Wildman–Crippen LogP) is 3.19. The van der Waals surface area contributed by atoms with Crippen molar-refractivity contribution < 1.29 is 19.0 Å². The lowest BCUT2D eigenvalue weighted by Crippen LogP contribution is -2.18. The molecule has 0 fully saturated rings. The van der Waals surface area contributed by atoms with E-state index in [-0.39, 0.29) is 12.1 Å². The lowest BCUT2D eigenvalue weighted by Gasteiger charge is -2.11. The van der Waals surface area contributed by atoms with E-state index in [1.165, 1.54) is 6.92 Å². The third-order valence-corrected chi connectivity index (χ3v) is 1.82. The van der Waals surface area contributed by atoms with Crippen molar-refractivity contribution >= 4 is 5.97 Å². The fourth-order valence-electron chi connectivity index (χ4n) is 0.993. The summed E-state index contributed by atoms with van der Waals surface area (Å²) in [5.74, 6) is -0.253. The molecule has 0 amide bonds. The Balaban J connectivity index is 0. The summed E-state index contributed by atoms with van der Waals surface area (Å²) in [6.45, 7) is 12.5. The summed E-state index contributed by atoms with van der Waals surface area (Å²) in [5.41, 5.74) is 0. The maximum absolute atomic E-state index is 10.3. The Kier molecular flexibility index (Phi) is 18.0. The number of esters is 1. The van der Waals surface area contributed by atoms with Crippen LogP contribution in [0.15, 0.2) is 0 Å². The van der Waals surface area contributed by atoms with Gasteiger partial charge in [0.1, 0.15) is 6.61 Å². The highest BCUT2D eigenvalue weighted by atomic mass is 16.6. The SMILES string of the molecule is CCCOC(C)COC(C)=O.CCCOCCC. The Bertz CT molecular complexity index is 167. The first-order valence-corrected chi connectivity index (χ1v) is 6.91. The van der Waals surface area contributed by atoms with Gasteiger partial charge in [0.25, 0.3) is 0 Å². The van der Waals surface area contributed by atoms with E-state index in [1.807, 2.05) is 13.8 Å². The molecule has 0 saturated carbocycles. The lowest BCUT2D eigenvalue weighted by atomic mass is 10.4. The second-order valence-corrected chi connectivity index (χ2v) is 4.10. The van der Waals surface area contributed by atoms with Gasteiger partial charge in [-0.05, 0) is 26.2 Å². The number of carbonyl (C=O) groups excluding carboxylic acids is 1. The molecule has 0 aromatic heterocycles. The van der Waals surface area contributed by atoms with Gasteiger partial charge < -0.3 is 14.2 Å². The van der Waals surface area contributed by atoms with Crippen LogP contribution < -0.4 is 0 Å². The molecule has 0 aromatic rings. The van der Waals surface area contributed by atoms with Crippen LogP contribution in [0.4, 0.5) is 0 Å². The molecule has 0 spiro atoms. The average Bonchev–Trinajstić information content (AvgIpc) is 2.35. The second-order valence-electron chi connectivity index (χ2n) is 4.10. The lowest BCUT2D eigenvalue weighted by molar-refractivity contribution is -0.144. The molecular formula is C14H30O4. The van der Waals surface area contributed by atoms with Gasteiger partial charge in [-0.25, -0.2) is 0 Å². The van der Waals surface area contributed by atoms with Crippen molar-refractivity contribution in [2.75, 3.05) is 26.4 Å². The average molecular weight is 262 g/mol. The first-order chi connectivity index (χ1) is 8.58. The van der Waals surface area contributed by atoms with E-state index in [9.17, 15) is 4.79 Å². The van der Waals surface area contributed by atoms with Gasteiger partial charge in [-0.1, -0.05) is 20.8 Å². The summed E-state index contributed by atoms with van der Waals surface area (Å²) >= 11 is 0. The predicted molar refractivity (Wildman–Crippen MR) is 73.7 cm³/mol. The molecule has 0 rings (SSSR count). The van der Waals surface area contributed by atoms with E-state index in [0.717, 1.165) is 39.1 Å². The van der Waals surface area contributed by atoms with Crippen molar-refractivity contribution in [3.8, 4) is 0 Å². The molecule has 0 aliphatic rings. The van der Waals surface area contributed by atoms with Crippen LogP contribution in [0, 0.1) is 0 Å². The molecule has 1 unspecified atom stereocenters. The minimum absolute atomic E-state index is 0.0128. The van der Waals surface area contributed by atoms with Gasteiger partial charge in [-0.15, -0.1) is 0 Å². The van der Waals surface area contributed by atoms with E-state index in [4.69, 9.17) is 14.2 Å². The molecule has 0 aliphatic carbocycles. The molecule has 0 saturated heterocycles. The van der Waals surface area contributed by atoms with Gasteiger partial charge in [0.05, 0.1) is 6.10 Å². The van der Waals surface area contributed by atoms with Crippen LogP contribution in [0.5, 0.6) is 0 Å². The molecule has 0 bridgehead atoms. The standard InChI is InChI=1S/C8H16O3.C6H14O/c1-4-5-10-7(2)6-11-8(3)9;1-3-5-7-6-4-2/h7H,4-6H2,1-3H3;3-6H2,1-2H3. The van der Waals surface area contributed by atoms with E-state index < -0.39 is 0 Å². The highest BCUT2D eigenvalue weighted by molar-refractivity contribution is 5.65. The summed E-state index contributed by atoms with van der Waals surface area (Å²) < 4.78 is 15.1. The number of carbonyl (C=O) groups is 1. The van der Waals surface area contributed by atoms with E-state index in [0.29, 0.717) is 6.61 Å². The van der Waals surface area contributed by atoms with Gasteiger partial charge in [-0.3, -0.25) is 4.79 Å². The molecule has 0 N–H and O–H groups in total. The number of rotatable bonds is 9. The number of ether oxygens (including phenoxy) is 3. The normalized spacial score (nSPS) is 11.4. The van der Waals surface area contributed by atoms with Crippen LogP contribution in [0.2, 0.25) is 0 Å². The van der Waals surface area contributed by atoms with E-state index in [2.05, 4.69) is 13.8 Å². The Labute approximate surface area is 112 Å². The highest BCUT2D eigenvalue weighted by Gasteiger charge is 2.02. The molecule has 4 nitrogen and oxygen atoms in total. The molecule has 0 heterocycles. The molecule has 0 radical (unpaired) electrons. The van der Waals surface area contributed by atoms with E-state index in [1.54, 1.807) is 0 Å². The highest BCUT2D eigenvalue weighted by Crippen LogP contribution is 1.93. The molecule has 18 heavy (non-hydrogen) atoms. The van der Waals surface area contributed by atoms with Crippen molar-refractivity contribution in [1.29, 1.82) is 0 Å². The first-order valence-electron chi connectivity index (χ1n) is 6.91. The third kappa shape index (κ3) is 20.8. The van der Waals surface area contributed by atoms with Crippen molar-refractivity contribution in [1.82, 2.24) is 0 Å². The van der Waals surface area contributed by atoms with Crippen LogP contribution in [-0.4, -0.2) is 38.5 Å². The summed E-state index contributed by atoms with van der Waals surface area (Å²) in [7, 11) is 0. The number of hydrogen-bond donors (Lipinski definition) is 0. The molecular weight excluding hydrogens is 232 g/mol. The third-order valence-electron chi connectivity index (χ3n) is 1.82. The zero-order chi connectivity index (χ0) is 14.2. The molecule has 0 aromatic carbocycles. The first kappa shape index (κ1) is 19.7. The van der Waals surface area contributed by atoms with Crippen LogP contribution in [-0.2, 0) is 19.0 Å². The largest absolute Gasteiger partial charge is 0.463 e. The van der Waals surface area contributed by atoms with Gasteiger partial charge >= 0.3 is 5.97 Å². The fourth-order valence-corrected chi connectivity index (χ4v) is 0.993. The summed E-state index contributed by atoms with van der Waals surface area (Å²) in [6.07, 6.45) is 3.28. The quantitative estimate of drug-likeness (QED) is 0.473. The molecule has 1 atom stereocenters. The maximum Gasteiger partial charge on any atom is 0.302 e. The Morgan fingerprint density at radius 2 is 1.50 bits per heavy atom. The zero-order valence-corrected chi connectivity index (χ0v) is 12.7. The summed E-state index contributed by atoms with van der Waals surface area (Å²) in [5, 5.41) is 0. The second kappa shape index (κ2) is 16.4. The Morgan fingerprint density at radius 3 is 1.89 bits per heavy atom. The summed E-state index contributed by atoms with van der Waals surface area (Å²) in [4.78, 5) is 10.3. The van der Waals surface area contributed by atoms with Gasteiger partial charge in [0, 0.05) is 26.7 Å². The van der Waals surface area contributed by atoms with Crippen molar-refractivity contribution in [3.63, 3.8) is 0 Å². The maximum atomic E-state index is 10.3. The Morgan fingerprint density at radius 1 is 1.00 bits per heavy atom. The van der Waals surface area contributed by atoms with Crippen molar-refractivity contribution in [3.05, 3.63) is 0 Å². The monoisotopic (exact) mass is 262 g/mol. The number of hydrogen-bond acceptors (Lipinski definition) is 4. The smallest absolute Gasteiger partial charge is 0.302 e. The summed E-state index contributed by atoms with van der Waals surface area (Å²) in [6, 6.07) is 0. The fraction of sp³-hybridized carbons (Fsp3) is 0.929. The van der Waals surface area contributed by atoms with Crippen LogP contribution in [0.25, 0.3) is 0 Å². The van der Waals surface area contributed by atoms with Crippen molar-refractivity contribution in [2.45, 2.75) is 60.0 Å². The van der Waals surface area contributed by atoms with Crippen molar-refractivity contribution in [2.24, 2.45) is 0 Å². The minimum Gasteiger partial charge on any atom is -0.463 e. The minimum atomic E-state index is -0.253. The van der Waals surface area contributed by atoms with Gasteiger partial charge in [0.15, 0.2) is 0 Å². The molecule has 0 aliphatic heterocycles. The molecule has 4 heteroatoms.